The fraction of sp³-hybridized carbons (Fsp3) is 0.723. The molecule has 3 aliphatic heterocycles. The molecule has 0 aromatic carbocycles. The highest BCUT2D eigenvalue weighted by molar-refractivity contribution is 6.39. The van der Waals surface area contributed by atoms with Crippen LogP contribution in [0.1, 0.15) is 125 Å². The number of hydrogen-bond donors (Lipinski definition) is 4. The van der Waals surface area contributed by atoms with Crippen LogP contribution in [0.5, 0.6) is 0 Å². The number of aliphatic hydroxyl groups is 4. The lowest BCUT2D eigenvalue weighted by molar-refractivity contribution is -0.265. The van der Waals surface area contributed by atoms with Gasteiger partial charge in [0.1, 0.15) is 24.4 Å². The number of rotatable bonds is 4. The molecule has 3 heterocycles. The number of esters is 1. The first-order chi connectivity index (χ1) is 27.5. The van der Waals surface area contributed by atoms with Gasteiger partial charge in [-0.05, 0) is 125 Å². The molecule has 11 atom stereocenters. The van der Waals surface area contributed by atoms with E-state index < -0.39 is 59.8 Å². The predicted molar refractivity (Wildman–Crippen MR) is 224 cm³/mol. The number of carbonyl (C=O) groups excluding carboxylic acids is 3. The summed E-state index contributed by atoms with van der Waals surface area (Å²) in [7, 11) is 1.60. The number of ketones is 1. The maximum atomic E-state index is 14.2. The van der Waals surface area contributed by atoms with Gasteiger partial charge in [-0.1, -0.05) is 70.7 Å². The molecule has 4 rings (SSSR count). The van der Waals surface area contributed by atoms with Crippen LogP contribution in [0.3, 0.4) is 0 Å². The van der Waals surface area contributed by atoms with Gasteiger partial charge in [-0.25, -0.2) is 4.79 Å². The maximum absolute atomic E-state index is 14.2. The third kappa shape index (κ3) is 12.6. The number of amides is 1. The minimum absolute atomic E-state index is 0.0771. The van der Waals surface area contributed by atoms with Gasteiger partial charge in [0.25, 0.3) is 11.7 Å². The van der Waals surface area contributed by atoms with Gasteiger partial charge in [-0.2, -0.15) is 0 Å². The molecule has 2 saturated heterocycles. The molecule has 0 radical (unpaired) electrons. The number of allylic oxidation sites excluding steroid dienone is 5. The van der Waals surface area contributed by atoms with E-state index in [4.69, 9.17) is 14.2 Å². The highest BCUT2D eigenvalue weighted by Crippen LogP contribution is 2.37. The molecular weight excluding hydrogens is 739 g/mol. The minimum Gasteiger partial charge on any atom is -0.460 e. The van der Waals surface area contributed by atoms with Crippen LogP contribution in [0.25, 0.3) is 0 Å². The third-order valence-electron chi connectivity index (χ3n) is 13.4. The Kier molecular flexibility index (Phi) is 18.2. The molecule has 58 heavy (non-hydrogen) atoms. The summed E-state index contributed by atoms with van der Waals surface area (Å²) in [6, 6.07) is -1.02. The number of methoxy groups -OCH3 is 1. The molecule has 0 aromatic rings. The fourth-order valence-corrected chi connectivity index (χ4v) is 9.18. The van der Waals surface area contributed by atoms with Crippen molar-refractivity contribution in [2.45, 2.75) is 173 Å². The number of aliphatic hydroxyl groups excluding tert-OH is 3. The molecule has 3 fully saturated rings. The normalized spacial score (nSPS) is 40.8. The maximum Gasteiger partial charge on any atom is 0.329 e. The van der Waals surface area contributed by atoms with Crippen LogP contribution in [0, 0.1) is 29.6 Å². The Hall–Kier alpha value is -2.93. The standard InChI is InChI=1S/C47H73NO10/c1-29-14-10-9-11-15-30(2)41(56-8)28-38-23-18-34(6)47(55,58-38)44(52)45(53)48-25-13-12-16-39(48)46(54)57-40(33(5)27-36-19-21-37(49)22-20-36)24-17-31(3)42(50)43(51)35(7)32(4)26-29/h9-11,14-15,17,29,32-34,36-43,49-51,55H,7,12-13,16,18-28H2,1-6,8H3/b11-9+,14-10+,30-15+,31-17+/t29-,32-,33-,34-,36-,37-,38+,39+,40+,41+,42-,43+,47-/m1/s1. The Bertz CT molecular complexity index is 1530. The van der Waals surface area contributed by atoms with E-state index in [2.05, 4.69) is 19.6 Å². The third-order valence-corrected chi connectivity index (χ3v) is 13.4. The summed E-state index contributed by atoms with van der Waals surface area (Å²) >= 11 is 0. The van der Waals surface area contributed by atoms with Crippen LogP contribution in [0.2, 0.25) is 0 Å². The van der Waals surface area contributed by atoms with Crippen LogP contribution in [0.4, 0.5) is 0 Å². The first-order valence-corrected chi connectivity index (χ1v) is 21.9. The summed E-state index contributed by atoms with van der Waals surface area (Å²) in [5.41, 5.74) is 1.99. The van der Waals surface area contributed by atoms with Crippen LogP contribution in [-0.2, 0) is 28.6 Å². The van der Waals surface area contributed by atoms with E-state index in [-0.39, 0.29) is 42.9 Å². The van der Waals surface area contributed by atoms with Crippen molar-refractivity contribution < 1.29 is 49.0 Å². The lowest BCUT2D eigenvalue weighted by Gasteiger charge is -2.42. The second-order valence-corrected chi connectivity index (χ2v) is 18.0. The Labute approximate surface area is 347 Å². The van der Waals surface area contributed by atoms with Gasteiger partial charge in [-0.15, -0.1) is 0 Å². The van der Waals surface area contributed by atoms with Crippen molar-refractivity contribution in [1.82, 2.24) is 4.90 Å². The highest BCUT2D eigenvalue weighted by atomic mass is 16.6. The largest absolute Gasteiger partial charge is 0.460 e. The molecule has 0 spiro atoms. The number of piperidine rings is 1. The Morgan fingerprint density at radius 1 is 0.914 bits per heavy atom. The van der Waals surface area contributed by atoms with Gasteiger partial charge < -0.3 is 39.5 Å². The number of fused-ring (bicyclic) bond motifs is 3. The number of cyclic esters (lactones) is 1. The van der Waals surface area contributed by atoms with Gasteiger partial charge >= 0.3 is 5.97 Å². The Morgan fingerprint density at radius 2 is 1.62 bits per heavy atom. The van der Waals surface area contributed by atoms with Crippen LogP contribution in [0.15, 0.2) is 59.8 Å². The summed E-state index contributed by atoms with van der Waals surface area (Å²) in [5, 5.41) is 44.5. The zero-order valence-electron chi connectivity index (χ0n) is 36.2. The molecule has 1 amide bonds. The van der Waals surface area contributed by atoms with Crippen molar-refractivity contribution in [3.8, 4) is 0 Å². The Balaban J connectivity index is 1.67. The predicted octanol–water partition coefficient (Wildman–Crippen LogP) is 6.68. The monoisotopic (exact) mass is 812 g/mol. The van der Waals surface area contributed by atoms with Crippen LogP contribution in [-0.4, -0.2) is 105 Å². The van der Waals surface area contributed by atoms with E-state index in [1.807, 2.05) is 45.1 Å². The average molecular weight is 812 g/mol. The molecule has 1 aliphatic carbocycles. The molecule has 0 unspecified atom stereocenters. The zero-order chi connectivity index (χ0) is 42.7. The first-order valence-electron chi connectivity index (χ1n) is 21.9. The zero-order valence-corrected chi connectivity index (χ0v) is 36.2. The lowest BCUT2D eigenvalue weighted by atomic mass is 9.80. The number of nitrogens with zero attached hydrogens (tertiary/aromatic N) is 1. The molecule has 326 valence electrons. The van der Waals surface area contributed by atoms with Crippen LogP contribution < -0.4 is 0 Å². The molecule has 4 aliphatic rings. The second kappa shape index (κ2) is 22.1. The van der Waals surface area contributed by atoms with Crippen molar-refractivity contribution in [3.05, 3.63) is 59.8 Å². The molecule has 1 saturated carbocycles. The smallest absolute Gasteiger partial charge is 0.329 e. The highest BCUT2D eigenvalue weighted by Gasteiger charge is 2.53. The van der Waals surface area contributed by atoms with Gasteiger partial charge in [-0.3, -0.25) is 9.59 Å². The molecule has 11 heteroatoms. The summed E-state index contributed by atoms with van der Waals surface area (Å²) in [6.45, 7) is 15.8. The topological polar surface area (TPSA) is 163 Å². The number of Topliss-reactive ketones (excluding diaryl/α,β-unsaturated/α-hetero) is 1. The summed E-state index contributed by atoms with van der Waals surface area (Å²) in [4.78, 5) is 43.6. The van der Waals surface area contributed by atoms with Gasteiger partial charge in [0.2, 0.25) is 5.79 Å². The SMILES string of the molecule is C=C1[C@H](C)C[C@H](C)/C=C/C=C/C=C(\C)[C@@H](OC)C[C@@H]2CC[C@@H](C)[C@@](O)(O2)C(=O)C(=O)N2CCCC[C@H]2C(=O)O[C@H]([C@H](C)C[C@H]2CC[C@H](O)CC2)C/C=C(\C)[C@@H](O)[C@H]1O. The van der Waals surface area contributed by atoms with Gasteiger partial charge in [0, 0.05) is 32.4 Å². The molecule has 2 bridgehead atoms. The van der Waals surface area contributed by atoms with E-state index >= 15 is 0 Å². The Morgan fingerprint density at radius 3 is 2.31 bits per heavy atom. The summed E-state index contributed by atoms with van der Waals surface area (Å²) in [5.74, 6) is -5.36. The molecule has 11 nitrogen and oxygen atoms in total. The van der Waals surface area contributed by atoms with E-state index in [9.17, 15) is 34.8 Å². The summed E-state index contributed by atoms with van der Waals surface area (Å²) in [6.07, 6.45) is 15.3. The van der Waals surface area contributed by atoms with Crippen molar-refractivity contribution in [1.29, 1.82) is 0 Å². The van der Waals surface area contributed by atoms with Crippen molar-refractivity contribution in [2.75, 3.05) is 13.7 Å². The van der Waals surface area contributed by atoms with Crippen molar-refractivity contribution >= 4 is 17.7 Å². The number of ether oxygens (including phenoxy) is 3. The van der Waals surface area contributed by atoms with Gasteiger partial charge in [0.05, 0.1) is 18.3 Å². The first kappa shape index (κ1) is 47.7. The van der Waals surface area contributed by atoms with E-state index in [1.54, 1.807) is 27.0 Å². The average Bonchev–Trinajstić information content (AvgIpc) is 3.21. The van der Waals surface area contributed by atoms with Crippen molar-refractivity contribution in [3.63, 3.8) is 0 Å². The van der Waals surface area contributed by atoms with E-state index in [0.29, 0.717) is 55.6 Å². The van der Waals surface area contributed by atoms with Gasteiger partial charge in [0.15, 0.2) is 0 Å². The van der Waals surface area contributed by atoms with E-state index in [1.165, 1.54) is 4.90 Å². The minimum atomic E-state index is -2.37. The molecular formula is C47H73NO10. The lowest BCUT2D eigenvalue weighted by Crippen LogP contribution is -2.61. The quantitative estimate of drug-likeness (QED) is 0.137. The summed E-state index contributed by atoms with van der Waals surface area (Å²) < 4.78 is 18.3. The number of hydrogen-bond acceptors (Lipinski definition) is 10. The second-order valence-electron chi connectivity index (χ2n) is 18.0. The molecule has 4 N–H and O–H groups in total. The van der Waals surface area contributed by atoms with Crippen LogP contribution >= 0.6 is 0 Å². The molecule has 0 aromatic heterocycles. The fourth-order valence-electron chi connectivity index (χ4n) is 9.18. The number of carbonyl (C=O) groups is 3. The van der Waals surface area contributed by atoms with E-state index in [0.717, 1.165) is 44.1 Å². The van der Waals surface area contributed by atoms with Crippen molar-refractivity contribution in [2.24, 2.45) is 29.6 Å².